The molecular formula is C11H24N2. The van der Waals surface area contributed by atoms with Gasteiger partial charge in [-0.2, -0.15) is 0 Å². The van der Waals surface area contributed by atoms with Crippen molar-refractivity contribution in [3.63, 3.8) is 0 Å². The molecule has 1 saturated heterocycles. The minimum Gasteiger partial charge on any atom is -0.318 e. The van der Waals surface area contributed by atoms with E-state index < -0.39 is 0 Å². The molecule has 0 aromatic carbocycles. The number of rotatable bonds is 4. The average Bonchev–Trinajstić information content (AvgIpc) is 2.19. The molecule has 1 heterocycles. The lowest BCUT2D eigenvalue weighted by atomic mass is 9.93. The number of likely N-dealkylation sites (N-methyl/N-ethyl adjacent to an activating group) is 1. The van der Waals surface area contributed by atoms with E-state index in [2.05, 4.69) is 31.1 Å². The van der Waals surface area contributed by atoms with E-state index in [0.717, 1.165) is 6.54 Å². The van der Waals surface area contributed by atoms with Gasteiger partial charge in [0, 0.05) is 12.1 Å². The fraction of sp³-hybridized carbons (Fsp3) is 1.00. The second-order valence-corrected chi connectivity index (χ2v) is 4.43. The zero-order valence-electron chi connectivity index (χ0n) is 9.40. The zero-order chi connectivity index (χ0) is 9.73. The molecule has 0 spiro atoms. The SMILES string of the molecule is CCC(C)(CNC)N1CCCCC1. The van der Waals surface area contributed by atoms with Gasteiger partial charge >= 0.3 is 0 Å². The summed E-state index contributed by atoms with van der Waals surface area (Å²) in [7, 11) is 2.05. The molecule has 0 aromatic rings. The van der Waals surface area contributed by atoms with Crippen molar-refractivity contribution in [1.29, 1.82) is 0 Å². The van der Waals surface area contributed by atoms with Crippen molar-refractivity contribution in [3.8, 4) is 0 Å². The summed E-state index contributed by atoms with van der Waals surface area (Å²) >= 11 is 0. The second-order valence-electron chi connectivity index (χ2n) is 4.43. The van der Waals surface area contributed by atoms with E-state index in [1.165, 1.54) is 38.8 Å². The molecular weight excluding hydrogens is 160 g/mol. The fourth-order valence-corrected chi connectivity index (χ4v) is 2.27. The highest BCUT2D eigenvalue weighted by molar-refractivity contribution is 4.88. The van der Waals surface area contributed by atoms with Crippen LogP contribution in [0.15, 0.2) is 0 Å². The molecule has 13 heavy (non-hydrogen) atoms. The first-order chi connectivity index (χ1) is 6.23. The Morgan fingerprint density at radius 1 is 1.23 bits per heavy atom. The van der Waals surface area contributed by atoms with Gasteiger partial charge in [0.05, 0.1) is 0 Å². The summed E-state index contributed by atoms with van der Waals surface area (Å²) in [5.41, 5.74) is 0.384. The van der Waals surface area contributed by atoms with E-state index in [1.54, 1.807) is 0 Å². The standard InChI is InChI=1S/C11H24N2/c1-4-11(2,10-12-3)13-8-6-5-7-9-13/h12H,4-10H2,1-3H3. The Labute approximate surface area is 82.7 Å². The Hall–Kier alpha value is -0.0800. The fourth-order valence-electron chi connectivity index (χ4n) is 2.27. The largest absolute Gasteiger partial charge is 0.318 e. The number of piperidine rings is 1. The molecule has 0 aliphatic carbocycles. The highest BCUT2D eigenvalue weighted by atomic mass is 15.2. The van der Waals surface area contributed by atoms with Crippen LogP contribution in [0.4, 0.5) is 0 Å². The molecule has 1 fully saturated rings. The summed E-state index contributed by atoms with van der Waals surface area (Å²) in [6.45, 7) is 8.39. The van der Waals surface area contributed by atoms with Gasteiger partial charge < -0.3 is 5.32 Å². The molecule has 2 heteroatoms. The quantitative estimate of drug-likeness (QED) is 0.717. The molecule has 1 unspecified atom stereocenters. The van der Waals surface area contributed by atoms with E-state index in [9.17, 15) is 0 Å². The highest BCUT2D eigenvalue weighted by Gasteiger charge is 2.29. The van der Waals surface area contributed by atoms with Crippen LogP contribution in [0.25, 0.3) is 0 Å². The Kier molecular flexibility index (Phi) is 4.20. The number of nitrogens with one attached hydrogen (secondary N) is 1. The van der Waals surface area contributed by atoms with Crippen molar-refractivity contribution >= 4 is 0 Å². The van der Waals surface area contributed by atoms with E-state index in [1.807, 2.05) is 0 Å². The monoisotopic (exact) mass is 184 g/mol. The van der Waals surface area contributed by atoms with Crippen LogP contribution in [-0.4, -0.2) is 37.1 Å². The zero-order valence-corrected chi connectivity index (χ0v) is 9.40. The lowest BCUT2D eigenvalue weighted by Gasteiger charge is -2.43. The molecule has 1 N–H and O–H groups in total. The predicted octanol–water partition coefficient (Wildman–Crippen LogP) is 1.86. The van der Waals surface area contributed by atoms with Gasteiger partial charge in [-0.05, 0) is 46.3 Å². The van der Waals surface area contributed by atoms with Gasteiger partial charge in [0.15, 0.2) is 0 Å². The van der Waals surface area contributed by atoms with E-state index in [-0.39, 0.29) is 0 Å². The third-order valence-corrected chi connectivity index (χ3v) is 3.44. The Balaban J connectivity index is 2.51. The molecule has 78 valence electrons. The molecule has 2 nitrogen and oxygen atoms in total. The van der Waals surface area contributed by atoms with Crippen LogP contribution < -0.4 is 5.32 Å². The smallest absolute Gasteiger partial charge is 0.0303 e. The topological polar surface area (TPSA) is 15.3 Å². The van der Waals surface area contributed by atoms with Gasteiger partial charge in [-0.3, -0.25) is 4.90 Å². The van der Waals surface area contributed by atoms with Gasteiger partial charge in [0.2, 0.25) is 0 Å². The lowest BCUT2D eigenvalue weighted by molar-refractivity contribution is 0.0778. The average molecular weight is 184 g/mol. The number of hydrogen-bond donors (Lipinski definition) is 1. The second kappa shape index (κ2) is 4.97. The first kappa shape index (κ1) is 11.0. The summed E-state index contributed by atoms with van der Waals surface area (Å²) in [4.78, 5) is 2.66. The molecule has 1 aliphatic heterocycles. The minimum atomic E-state index is 0.384. The van der Waals surface area contributed by atoms with Crippen LogP contribution in [0.3, 0.4) is 0 Å². The van der Waals surface area contributed by atoms with Gasteiger partial charge in [-0.1, -0.05) is 13.3 Å². The Bertz CT molecular complexity index is 141. The van der Waals surface area contributed by atoms with E-state index in [4.69, 9.17) is 0 Å². The maximum absolute atomic E-state index is 3.31. The van der Waals surface area contributed by atoms with E-state index in [0.29, 0.717) is 5.54 Å². The molecule has 0 radical (unpaired) electrons. The van der Waals surface area contributed by atoms with Gasteiger partial charge in [-0.25, -0.2) is 0 Å². The van der Waals surface area contributed by atoms with Crippen molar-refractivity contribution in [2.75, 3.05) is 26.7 Å². The minimum absolute atomic E-state index is 0.384. The first-order valence-electron chi connectivity index (χ1n) is 5.62. The molecule has 0 amide bonds. The van der Waals surface area contributed by atoms with Crippen molar-refractivity contribution in [1.82, 2.24) is 10.2 Å². The van der Waals surface area contributed by atoms with Crippen LogP contribution in [0.1, 0.15) is 39.5 Å². The van der Waals surface area contributed by atoms with Crippen molar-refractivity contribution in [2.45, 2.75) is 45.1 Å². The maximum Gasteiger partial charge on any atom is 0.0303 e. The molecule has 1 atom stereocenters. The molecule has 1 aliphatic rings. The summed E-state index contributed by atoms with van der Waals surface area (Å²) in [6, 6.07) is 0. The summed E-state index contributed by atoms with van der Waals surface area (Å²) in [6.07, 6.45) is 5.45. The predicted molar refractivity (Wildman–Crippen MR) is 58.0 cm³/mol. The van der Waals surface area contributed by atoms with Crippen LogP contribution in [0.5, 0.6) is 0 Å². The molecule has 1 rings (SSSR count). The van der Waals surface area contributed by atoms with Gasteiger partial charge in [0.1, 0.15) is 0 Å². The molecule has 0 saturated carbocycles. The highest BCUT2D eigenvalue weighted by Crippen LogP contribution is 2.23. The van der Waals surface area contributed by atoms with Crippen molar-refractivity contribution in [3.05, 3.63) is 0 Å². The van der Waals surface area contributed by atoms with Crippen LogP contribution in [-0.2, 0) is 0 Å². The summed E-state index contributed by atoms with van der Waals surface area (Å²) in [5, 5.41) is 3.31. The molecule has 0 bridgehead atoms. The van der Waals surface area contributed by atoms with Crippen LogP contribution in [0.2, 0.25) is 0 Å². The summed E-state index contributed by atoms with van der Waals surface area (Å²) < 4.78 is 0. The Morgan fingerprint density at radius 3 is 2.31 bits per heavy atom. The Morgan fingerprint density at radius 2 is 1.85 bits per heavy atom. The van der Waals surface area contributed by atoms with E-state index >= 15 is 0 Å². The van der Waals surface area contributed by atoms with Crippen LogP contribution >= 0.6 is 0 Å². The lowest BCUT2D eigenvalue weighted by Crippen LogP contribution is -2.53. The van der Waals surface area contributed by atoms with Crippen molar-refractivity contribution in [2.24, 2.45) is 0 Å². The molecule has 0 aromatic heterocycles. The van der Waals surface area contributed by atoms with Gasteiger partial charge in [-0.15, -0.1) is 0 Å². The maximum atomic E-state index is 3.31. The summed E-state index contributed by atoms with van der Waals surface area (Å²) in [5.74, 6) is 0. The van der Waals surface area contributed by atoms with Crippen molar-refractivity contribution < 1.29 is 0 Å². The number of likely N-dealkylation sites (tertiary alicyclic amines) is 1. The normalized spacial score (nSPS) is 24.2. The van der Waals surface area contributed by atoms with Gasteiger partial charge in [0.25, 0.3) is 0 Å². The first-order valence-corrected chi connectivity index (χ1v) is 5.62. The third-order valence-electron chi connectivity index (χ3n) is 3.44. The third kappa shape index (κ3) is 2.68. The number of nitrogens with zero attached hydrogens (tertiary/aromatic N) is 1. The van der Waals surface area contributed by atoms with Crippen LogP contribution in [0, 0.1) is 0 Å². The number of hydrogen-bond acceptors (Lipinski definition) is 2.